The van der Waals surface area contributed by atoms with Gasteiger partial charge in [-0.15, -0.1) is 10.2 Å². The lowest BCUT2D eigenvalue weighted by atomic mass is 9.58. The SMILES string of the molecule is CC(C)(C)OC(=O)NCC1CC(NCc2nnc(-c3cc(O)c4ccccc4c3)o2)C1(C)C. The van der Waals surface area contributed by atoms with E-state index in [1.54, 1.807) is 6.07 Å². The summed E-state index contributed by atoms with van der Waals surface area (Å²) >= 11 is 0. The van der Waals surface area contributed by atoms with E-state index in [0.717, 1.165) is 17.2 Å². The number of ether oxygens (including phenoxy) is 1. The van der Waals surface area contributed by atoms with Gasteiger partial charge in [-0.2, -0.15) is 0 Å². The number of hydrogen-bond acceptors (Lipinski definition) is 7. The van der Waals surface area contributed by atoms with Crippen molar-refractivity contribution in [1.29, 1.82) is 0 Å². The highest BCUT2D eigenvalue weighted by Crippen LogP contribution is 2.46. The van der Waals surface area contributed by atoms with E-state index in [1.165, 1.54) is 0 Å². The van der Waals surface area contributed by atoms with E-state index in [-0.39, 0.29) is 23.3 Å². The topological polar surface area (TPSA) is 110 Å². The lowest BCUT2D eigenvalue weighted by Gasteiger charge is -2.52. The molecule has 1 aliphatic carbocycles. The van der Waals surface area contributed by atoms with Crippen LogP contribution in [0.1, 0.15) is 46.9 Å². The summed E-state index contributed by atoms with van der Waals surface area (Å²) in [7, 11) is 0. The van der Waals surface area contributed by atoms with Crippen molar-refractivity contribution in [3.63, 3.8) is 0 Å². The van der Waals surface area contributed by atoms with Gasteiger partial charge in [0.25, 0.3) is 0 Å². The van der Waals surface area contributed by atoms with Gasteiger partial charge < -0.3 is 24.9 Å². The summed E-state index contributed by atoms with van der Waals surface area (Å²) in [6.45, 7) is 11.0. The first-order valence-electron chi connectivity index (χ1n) is 11.3. The number of phenolic OH excluding ortho intramolecular Hbond substituents is 1. The van der Waals surface area contributed by atoms with Crippen LogP contribution in [0.25, 0.3) is 22.2 Å². The molecule has 8 nitrogen and oxygen atoms in total. The number of aromatic hydroxyl groups is 1. The lowest BCUT2D eigenvalue weighted by molar-refractivity contribution is 0.00723. The monoisotopic (exact) mass is 452 g/mol. The molecule has 1 aromatic heterocycles. The zero-order valence-electron chi connectivity index (χ0n) is 19.8. The standard InChI is InChI=1S/C25H32N4O4/c1-24(2,3)33-23(31)27-13-17-12-20(25(17,4)5)26-14-21-28-29-22(32-21)16-10-15-8-6-7-9-18(15)19(30)11-16/h6-11,17,20,26,30H,12-14H2,1-5H3,(H,27,31). The fourth-order valence-corrected chi connectivity index (χ4v) is 4.30. The molecule has 176 valence electrons. The second-order valence-electron chi connectivity index (χ2n) is 10.3. The molecule has 3 N–H and O–H groups in total. The smallest absolute Gasteiger partial charge is 0.407 e. The van der Waals surface area contributed by atoms with Crippen molar-refractivity contribution >= 4 is 16.9 Å². The van der Waals surface area contributed by atoms with Crippen LogP contribution in [0.15, 0.2) is 40.8 Å². The highest BCUT2D eigenvalue weighted by molar-refractivity contribution is 5.91. The van der Waals surface area contributed by atoms with Crippen molar-refractivity contribution in [2.75, 3.05) is 6.54 Å². The van der Waals surface area contributed by atoms with Gasteiger partial charge in [-0.05, 0) is 56.0 Å². The van der Waals surface area contributed by atoms with Crippen molar-refractivity contribution in [2.24, 2.45) is 11.3 Å². The predicted molar refractivity (Wildman–Crippen MR) is 126 cm³/mol. The number of carbonyl (C=O) groups is 1. The second-order valence-corrected chi connectivity index (χ2v) is 10.3. The fraction of sp³-hybridized carbons (Fsp3) is 0.480. The molecule has 0 aliphatic heterocycles. The Morgan fingerprint density at radius 1 is 1.24 bits per heavy atom. The maximum Gasteiger partial charge on any atom is 0.407 e. The van der Waals surface area contributed by atoms with Gasteiger partial charge in [-0.1, -0.05) is 38.1 Å². The van der Waals surface area contributed by atoms with Gasteiger partial charge >= 0.3 is 6.09 Å². The highest BCUT2D eigenvalue weighted by atomic mass is 16.6. The Kier molecular flexibility index (Phi) is 6.05. The van der Waals surface area contributed by atoms with Gasteiger partial charge in [0.15, 0.2) is 0 Å². The van der Waals surface area contributed by atoms with Crippen molar-refractivity contribution in [3.8, 4) is 17.2 Å². The number of phenols is 1. The number of hydrogen-bond donors (Lipinski definition) is 3. The number of fused-ring (bicyclic) bond motifs is 1. The highest BCUT2D eigenvalue weighted by Gasteiger charge is 2.47. The number of amides is 1. The summed E-state index contributed by atoms with van der Waals surface area (Å²) in [6.07, 6.45) is 0.551. The van der Waals surface area contributed by atoms with E-state index in [4.69, 9.17) is 9.15 Å². The van der Waals surface area contributed by atoms with Gasteiger partial charge in [0.2, 0.25) is 11.8 Å². The number of nitrogens with one attached hydrogen (secondary N) is 2. The summed E-state index contributed by atoms with van der Waals surface area (Å²) in [4.78, 5) is 11.9. The van der Waals surface area contributed by atoms with E-state index >= 15 is 0 Å². The Labute approximate surface area is 193 Å². The fourth-order valence-electron chi connectivity index (χ4n) is 4.30. The van der Waals surface area contributed by atoms with Crippen LogP contribution in [0, 0.1) is 11.3 Å². The number of aromatic nitrogens is 2. The maximum atomic E-state index is 11.9. The van der Waals surface area contributed by atoms with Crippen LogP contribution >= 0.6 is 0 Å². The minimum atomic E-state index is -0.502. The molecule has 1 aliphatic rings. The number of nitrogens with zero attached hydrogens (tertiary/aromatic N) is 2. The van der Waals surface area contributed by atoms with Crippen LogP contribution in [0.5, 0.6) is 5.75 Å². The maximum absolute atomic E-state index is 11.9. The molecule has 0 saturated heterocycles. The van der Waals surface area contributed by atoms with E-state index in [1.807, 2.05) is 51.1 Å². The van der Waals surface area contributed by atoms with Crippen LogP contribution in [-0.4, -0.2) is 39.6 Å². The van der Waals surface area contributed by atoms with Crippen LogP contribution in [0.3, 0.4) is 0 Å². The average Bonchev–Trinajstić information content (AvgIpc) is 3.20. The van der Waals surface area contributed by atoms with Gasteiger partial charge in [0.05, 0.1) is 6.54 Å². The Bertz CT molecular complexity index is 1150. The van der Waals surface area contributed by atoms with Gasteiger partial charge in [0, 0.05) is 23.5 Å². The first-order valence-corrected chi connectivity index (χ1v) is 11.3. The molecule has 1 heterocycles. The van der Waals surface area contributed by atoms with Gasteiger partial charge in [-0.25, -0.2) is 4.79 Å². The third kappa shape index (κ3) is 5.11. The van der Waals surface area contributed by atoms with Crippen LogP contribution in [0.2, 0.25) is 0 Å². The quantitative estimate of drug-likeness (QED) is 0.500. The molecule has 0 bridgehead atoms. The van der Waals surface area contributed by atoms with Crippen molar-refractivity contribution in [2.45, 2.75) is 59.2 Å². The zero-order chi connectivity index (χ0) is 23.8. The Morgan fingerprint density at radius 2 is 2.00 bits per heavy atom. The molecule has 1 fully saturated rings. The molecular weight excluding hydrogens is 420 g/mol. The largest absolute Gasteiger partial charge is 0.507 e. The average molecular weight is 453 g/mol. The number of benzene rings is 2. The lowest BCUT2D eigenvalue weighted by Crippen LogP contribution is -2.59. The summed E-state index contributed by atoms with van der Waals surface area (Å²) in [5.74, 6) is 1.40. The molecule has 2 aromatic carbocycles. The minimum Gasteiger partial charge on any atom is -0.507 e. The Balaban J connectivity index is 1.32. The number of rotatable bonds is 6. The molecule has 4 rings (SSSR count). The van der Waals surface area contributed by atoms with E-state index in [0.29, 0.717) is 36.4 Å². The van der Waals surface area contributed by atoms with Crippen molar-refractivity contribution < 1.29 is 19.1 Å². The summed E-state index contributed by atoms with van der Waals surface area (Å²) < 4.78 is 11.2. The Hall–Kier alpha value is -3.13. The first-order chi connectivity index (χ1) is 15.5. The summed E-state index contributed by atoms with van der Waals surface area (Å²) in [5, 5.41) is 26.7. The van der Waals surface area contributed by atoms with E-state index in [2.05, 4.69) is 34.7 Å². The number of carbonyl (C=O) groups excluding carboxylic acids is 1. The van der Waals surface area contributed by atoms with Gasteiger partial charge in [0.1, 0.15) is 11.4 Å². The molecule has 1 saturated carbocycles. The minimum absolute atomic E-state index is 0.00198. The van der Waals surface area contributed by atoms with E-state index in [9.17, 15) is 9.90 Å². The molecule has 8 heteroatoms. The molecule has 3 aromatic rings. The predicted octanol–water partition coefficient (Wildman–Crippen LogP) is 4.62. The third-order valence-electron chi connectivity index (χ3n) is 6.42. The normalized spacial score (nSPS) is 19.8. The molecule has 0 spiro atoms. The molecule has 0 radical (unpaired) electrons. The van der Waals surface area contributed by atoms with Crippen molar-refractivity contribution in [1.82, 2.24) is 20.8 Å². The molecular formula is C25H32N4O4. The van der Waals surface area contributed by atoms with Crippen LogP contribution < -0.4 is 10.6 Å². The van der Waals surface area contributed by atoms with Crippen LogP contribution in [-0.2, 0) is 11.3 Å². The third-order valence-corrected chi connectivity index (χ3v) is 6.42. The van der Waals surface area contributed by atoms with Crippen LogP contribution in [0.4, 0.5) is 4.79 Å². The second kappa shape index (κ2) is 8.67. The first kappa shape index (κ1) is 23.0. The molecule has 2 atom stereocenters. The Morgan fingerprint density at radius 3 is 2.73 bits per heavy atom. The van der Waals surface area contributed by atoms with E-state index < -0.39 is 5.60 Å². The molecule has 2 unspecified atom stereocenters. The molecule has 33 heavy (non-hydrogen) atoms. The van der Waals surface area contributed by atoms with Gasteiger partial charge in [-0.3, -0.25) is 0 Å². The zero-order valence-corrected chi connectivity index (χ0v) is 19.8. The summed E-state index contributed by atoms with van der Waals surface area (Å²) in [5.41, 5.74) is 0.182. The molecule has 1 amide bonds. The van der Waals surface area contributed by atoms with Crippen molar-refractivity contribution in [3.05, 3.63) is 42.3 Å². The number of alkyl carbamates (subject to hydrolysis) is 1. The summed E-state index contributed by atoms with van der Waals surface area (Å²) in [6, 6.07) is 11.5.